The molecule has 1 aliphatic carbocycles. The van der Waals surface area contributed by atoms with Gasteiger partial charge in [-0.1, -0.05) is 11.6 Å². The molecule has 3 rings (SSSR count). The second-order valence-corrected chi connectivity index (χ2v) is 5.55. The van der Waals surface area contributed by atoms with Gasteiger partial charge in [-0.05, 0) is 53.0 Å². The zero-order chi connectivity index (χ0) is 12.7. The Labute approximate surface area is 117 Å². The molecule has 1 saturated carbocycles. The highest BCUT2D eigenvalue weighted by Crippen LogP contribution is 2.39. The molecule has 0 N–H and O–H groups in total. The molecule has 1 aromatic heterocycles. The molecule has 0 amide bonds. The number of nitrogens with zero attached hydrogens (tertiary/aromatic N) is 2. The summed E-state index contributed by atoms with van der Waals surface area (Å²) in [5, 5.41) is 0.363. The van der Waals surface area contributed by atoms with Crippen LogP contribution in [0, 0.1) is 5.82 Å². The lowest BCUT2D eigenvalue weighted by atomic mass is 10.1. The third-order valence-electron chi connectivity index (χ3n) is 2.86. The summed E-state index contributed by atoms with van der Waals surface area (Å²) in [7, 11) is 0. The van der Waals surface area contributed by atoms with Crippen molar-refractivity contribution in [3.63, 3.8) is 0 Å². The van der Waals surface area contributed by atoms with Crippen molar-refractivity contribution in [2.75, 3.05) is 0 Å². The van der Waals surface area contributed by atoms with Crippen molar-refractivity contribution in [2.45, 2.75) is 18.8 Å². The largest absolute Gasteiger partial charge is 0.232 e. The van der Waals surface area contributed by atoms with Gasteiger partial charge in [-0.2, -0.15) is 0 Å². The molecule has 0 spiro atoms. The Morgan fingerprint density at radius 1 is 1.22 bits per heavy atom. The third kappa shape index (κ3) is 2.40. The van der Waals surface area contributed by atoms with Gasteiger partial charge < -0.3 is 0 Å². The summed E-state index contributed by atoms with van der Waals surface area (Å²) >= 11 is 9.43. The van der Waals surface area contributed by atoms with Crippen LogP contribution >= 0.6 is 27.5 Å². The van der Waals surface area contributed by atoms with E-state index in [1.54, 1.807) is 12.1 Å². The number of benzene rings is 1. The van der Waals surface area contributed by atoms with Gasteiger partial charge in [0, 0.05) is 11.5 Å². The lowest BCUT2D eigenvalue weighted by Gasteiger charge is -2.06. The third-order valence-corrected chi connectivity index (χ3v) is 3.58. The molecule has 0 saturated heterocycles. The minimum Gasteiger partial charge on any atom is -0.232 e. The minimum absolute atomic E-state index is 0.348. The second-order valence-electron chi connectivity index (χ2n) is 4.33. The summed E-state index contributed by atoms with van der Waals surface area (Å²) in [5.74, 6) is 0.944. The molecule has 92 valence electrons. The van der Waals surface area contributed by atoms with Crippen LogP contribution in [-0.4, -0.2) is 9.97 Å². The molecule has 0 atom stereocenters. The lowest BCUT2D eigenvalue weighted by molar-refractivity contribution is 0.628. The van der Waals surface area contributed by atoms with E-state index >= 15 is 0 Å². The van der Waals surface area contributed by atoms with E-state index in [0.717, 1.165) is 34.5 Å². The fourth-order valence-electron chi connectivity index (χ4n) is 1.79. The number of rotatable bonds is 2. The normalized spacial score (nSPS) is 14.8. The van der Waals surface area contributed by atoms with E-state index in [4.69, 9.17) is 11.6 Å². The van der Waals surface area contributed by atoms with Crippen LogP contribution < -0.4 is 0 Å². The van der Waals surface area contributed by atoms with Crippen LogP contribution in [0.15, 0.2) is 28.9 Å². The zero-order valence-corrected chi connectivity index (χ0v) is 11.7. The van der Waals surface area contributed by atoms with Crippen LogP contribution in [0.1, 0.15) is 24.6 Å². The van der Waals surface area contributed by atoms with Crippen LogP contribution in [0.25, 0.3) is 11.3 Å². The Bertz CT molecular complexity index is 614. The molecular formula is C13H9BrClFN2. The fourth-order valence-corrected chi connectivity index (χ4v) is 2.46. The van der Waals surface area contributed by atoms with E-state index < -0.39 is 0 Å². The molecule has 0 bridgehead atoms. The molecule has 0 aliphatic heterocycles. The Morgan fingerprint density at radius 2 is 2.00 bits per heavy atom. The number of hydrogen-bond donors (Lipinski definition) is 0. The van der Waals surface area contributed by atoms with Crippen LogP contribution in [0.3, 0.4) is 0 Å². The van der Waals surface area contributed by atoms with Gasteiger partial charge in [0.1, 0.15) is 16.2 Å². The molecule has 2 aromatic rings. The van der Waals surface area contributed by atoms with E-state index in [1.165, 1.54) is 12.1 Å². The first-order valence-corrected chi connectivity index (χ1v) is 6.80. The van der Waals surface area contributed by atoms with E-state index in [-0.39, 0.29) is 5.82 Å². The molecule has 1 aliphatic rings. The predicted molar refractivity (Wildman–Crippen MR) is 72.1 cm³/mol. The maximum absolute atomic E-state index is 13.0. The summed E-state index contributed by atoms with van der Waals surface area (Å²) < 4.78 is 13.8. The van der Waals surface area contributed by atoms with Crippen molar-refractivity contribution in [3.8, 4) is 11.3 Å². The summed E-state index contributed by atoms with van der Waals surface area (Å²) in [6.45, 7) is 0. The molecule has 1 fully saturated rings. The molecule has 5 heteroatoms. The lowest BCUT2D eigenvalue weighted by Crippen LogP contribution is -1.96. The first-order chi connectivity index (χ1) is 8.63. The van der Waals surface area contributed by atoms with E-state index in [9.17, 15) is 4.39 Å². The van der Waals surface area contributed by atoms with Gasteiger partial charge >= 0.3 is 0 Å². The predicted octanol–water partition coefficient (Wildman–Crippen LogP) is 4.58. The first kappa shape index (κ1) is 12.1. The molecule has 18 heavy (non-hydrogen) atoms. The quantitative estimate of drug-likeness (QED) is 0.755. The highest BCUT2D eigenvalue weighted by atomic mass is 79.9. The van der Waals surface area contributed by atoms with Crippen LogP contribution in [0.2, 0.25) is 5.02 Å². The minimum atomic E-state index is -0.348. The maximum atomic E-state index is 13.0. The smallest absolute Gasteiger partial charge is 0.133 e. The van der Waals surface area contributed by atoms with Gasteiger partial charge in [-0.3, -0.25) is 0 Å². The Balaban J connectivity index is 2.10. The van der Waals surface area contributed by atoms with Gasteiger partial charge in [-0.15, -0.1) is 0 Å². The molecule has 1 heterocycles. The SMILES string of the molecule is Fc1ccc(-c2cc(Br)nc(C3CC3)n2)c(Cl)c1. The molecule has 0 radical (unpaired) electrons. The van der Waals surface area contributed by atoms with E-state index in [2.05, 4.69) is 25.9 Å². The van der Waals surface area contributed by atoms with Gasteiger partial charge in [0.15, 0.2) is 0 Å². The zero-order valence-electron chi connectivity index (χ0n) is 9.33. The highest BCUT2D eigenvalue weighted by molar-refractivity contribution is 9.10. The van der Waals surface area contributed by atoms with Gasteiger partial charge in [0.2, 0.25) is 0 Å². The van der Waals surface area contributed by atoms with Gasteiger partial charge in [0.05, 0.1) is 10.7 Å². The van der Waals surface area contributed by atoms with Crippen LogP contribution in [-0.2, 0) is 0 Å². The Hall–Kier alpha value is -1.00. The fraction of sp³-hybridized carbons (Fsp3) is 0.231. The van der Waals surface area contributed by atoms with Crippen LogP contribution in [0.5, 0.6) is 0 Å². The standard InChI is InChI=1S/C13H9BrClFN2/c14-12-6-11(17-13(18-12)7-1-2-7)9-4-3-8(16)5-10(9)15/h3-7H,1-2H2. The summed E-state index contributed by atoms with van der Waals surface area (Å²) in [4.78, 5) is 8.87. The summed E-state index contributed by atoms with van der Waals surface area (Å²) in [6, 6.07) is 6.12. The van der Waals surface area contributed by atoms with Gasteiger partial charge in [-0.25, -0.2) is 14.4 Å². The van der Waals surface area contributed by atoms with Crippen molar-refractivity contribution in [3.05, 3.63) is 45.5 Å². The monoisotopic (exact) mass is 326 g/mol. The summed E-state index contributed by atoms with van der Waals surface area (Å²) in [6.07, 6.45) is 2.26. The molecule has 0 unspecified atom stereocenters. The van der Waals surface area contributed by atoms with Crippen molar-refractivity contribution in [1.29, 1.82) is 0 Å². The van der Waals surface area contributed by atoms with Crippen molar-refractivity contribution in [1.82, 2.24) is 9.97 Å². The van der Waals surface area contributed by atoms with Crippen molar-refractivity contribution >= 4 is 27.5 Å². The average molecular weight is 328 g/mol. The average Bonchev–Trinajstić information content (AvgIpc) is 3.11. The van der Waals surface area contributed by atoms with Crippen molar-refractivity contribution in [2.24, 2.45) is 0 Å². The van der Waals surface area contributed by atoms with Crippen molar-refractivity contribution < 1.29 is 4.39 Å². The number of halogens is 3. The Morgan fingerprint density at radius 3 is 2.67 bits per heavy atom. The Kier molecular flexibility index (Phi) is 3.08. The van der Waals surface area contributed by atoms with Gasteiger partial charge in [0.25, 0.3) is 0 Å². The highest BCUT2D eigenvalue weighted by Gasteiger charge is 2.27. The van der Waals surface area contributed by atoms with E-state index in [1.807, 2.05) is 0 Å². The first-order valence-electron chi connectivity index (χ1n) is 5.63. The summed E-state index contributed by atoms with van der Waals surface area (Å²) in [5.41, 5.74) is 1.45. The number of aromatic nitrogens is 2. The topological polar surface area (TPSA) is 25.8 Å². The molecule has 2 nitrogen and oxygen atoms in total. The molecule has 1 aromatic carbocycles. The molecular weight excluding hydrogens is 319 g/mol. The maximum Gasteiger partial charge on any atom is 0.133 e. The number of hydrogen-bond acceptors (Lipinski definition) is 2. The second kappa shape index (κ2) is 4.59. The van der Waals surface area contributed by atoms with E-state index in [0.29, 0.717) is 10.9 Å². The van der Waals surface area contributed by atoms with Crippen LogP contribution in [0.4, 0.5) is 4.39 Å².